The van der Waals surface area contributed by atoms with Gasteiger partial charge in [0, 0.05) is 35.4 Å². The van der Waals surface area contributed by atoms with Gasteiger partial charge in [-0.05, 0) is 31.0 Å². The standard InChI is InChI=1S/C16H23N3O2/c1-16(2)13(12-7-4-8-21-14(12)16)18-10-5-3-6-11(9-10)19-15(17)20/h3,5-6,9,12-14,18H,4,7-8H2,1-2H3,(H3,17,19,20). The van der Waals surface area contributed by atoms with E-state index >= 15 is 0 Å². The summed E-state index contributed by atoms with van der Waals surface area (Å²) in [5.74, 6) is 0.571. The minimum Gasteiger partial charge on any atom is -0.381 e. The number of carbonyl (C=O) groups excluding carboxylic acids is 1. The molecule has 21 heavy (non-hydrogen) atoms. The van der Waals surface area contributed by atoms with Crippen molar-refractivity contribution in [1.29, 1.82) is 0 Å². The van der Waals surface area contributed by atoms with Crippen LogP contribution in [-0.4, -0.2) is 24.8 Å². The van der Waals surface area contributed by atoms with Crippen LogP contribution in [0, 0.1) is 11.3 Å². The molecule has 0 spiro atoms. The molecule has 1 heterocycles. The quantitative estimate of drug-likeness (QED) is 0.801. The summed E-state index contributed by atoms with van der Waals surface area (Å²) >= 11 is 0. The molecule has 1 aromatic carbocycles. The number of benzene rings is 1. The Morgan fingerprint density at radius 3 is 2.90 bits per heavy atom. The Bertz CT molecular complexity index is 544. The van der Waals surface area contributed by atoms with Crippen molar-refractivity contribution in [3.05, 3.63) is 24.3 Å². The van der Waals surface area contributed by atoms with Crippen LogP contribution in [0.25, 0.3) is 0 Å². The minimum atomic E-state index is -0.545. The second-order valence-electron chi connectivity index (χ2n) is 6.61. The molecule has 0 aromatic heterocycles. The van der Waals surface area contributed by atoms with E-state index in [1.165, 1.54) is 6.42 Å². The molecule has 1 aliphatic carbocycles. The molecule has 114 valence electrons. The van der Waals surface area contributed by atoms with Gasteiger partial charge in [0.1, 0.15) is 0 Å². The number of urea groups is 1. The van der Waals surface area contributed by atoms with Gasteiger partial charge in [-0.1, -0.05) is 19.9 Å². The number of primary amides is 1. The van der Waals surface area contributed by atoms with Crippen LogP contribution in [0.4, 0.5) is 16.2 Å². The topological polar surface area (TPSA) is 76.4 Å². The zero-order valence-electron chi connectivity index (χ0n) is 12.6. The van der Waals surface area contributed by atoms with E-state index in [0.717, 1.165) is 18.7 Å². The number of nitrogens with one attached hydrogen (secondary N) is 2. The Hall–Kier alpha value is -1.75. The fraction of sp³-hybridized carbons (Fsp3) is 0.562. The first-order chi connectivity index (χ1) is 9.98. The second-order valence-corrected chi connectivity index (χ2v) is 6.61. The van der Waals surface area contributed by atoms with Crippen LogP contribution in [0.5, 0.6) is 0 Å². The number of anilines is 2. The van der Waals surface area contributed by atoms with Gasteiger partial charge in [0.15, 0.2) is 0 Å². The van der Waals surface area contributed by atoms with Gasteiger partial charge >= 0.3 is 6.03 Å². The van der Waals surface area contributed by atoms with E-state index < -0.39 is 6.03 Å². The van der Waals surface area contributed by atoms with Crippen LogP contribution < -0.4 is 16.4 Å². The Labute approximate surface area is 125 Å². The monoisotopic (exact) mass is 289 g/mol. The van der Waals surface area contributed by atoms with E-state index in [1.54, 1.807) is 0 Å². The Balaban J connectivity index is 1.73. The summed E-state index contributed by atoms with van der Waals surface area (Å²) in [5, 5.41) is 6.22. The molecule has 3 unspecified atom stereocenters. The number of carbonyl (C=O) groups is 1. The molecule has 1 saturated carbocycles. The first-order valence-electron chi connectivity index (χ1n) is 7.53. The van der Waals surface area contributed by atoms with Crippen molar-refractivity contribution in [2.24, 2.45) is 17.1 Å². The van der Waals surface area contributed by atoms with Crippen molar-refractivity contribution in [1.82, 2.24) is 0 Å². The summed E-state index contributed by atoms with van der Waals surface area (Å²) in [5.41, 5.74) is 6.99. The maximum Gasteiger partial charge on any atom is 0.316 e. The van der Waals surface area contributed by atoms with Crippen molar-refractivity contribution < 1.29 is 9.53 Å². The van der Waals surface area contributed by atoms with Crippen LogP contribution in [0.2, 0.25) is 0 Å². The van der Waals surface area contributed by atoms with Gasteiger partial charge in [0.2, 0.25) is 0 Å². The largest absolute Gasteiger partial charge is 0.381 e. The van der Waals surface area contributed by atoms with E-state index in [-0.39, 0.29) is 5.41 Å². The van der Waals surface area contributed by atoms with Crippen molar-refractivity contribution in [2.75, 3.05) is 17.2 Å². The number of ether oxygens (including phenoxy) is 1. The Morgan fingerprint density at radius 1 is 1.38 bits per heavy atom. The lowest BCUT2D eigenvalue weighted by atomic mass is 9.55. The molecular formula is C16H23N3O2. The first kappa shape index (κ1) is 14.2. The fourth-order valence-electron chi connectivity index (χ4n) is 3.82. The zero-order valence-corrected chi connectivity index (χ0v) is 12.6. The molecule has 1 aliphatic heterocycles. The SMILES string of the molecule is CC1(C)C(Nc2cccc(NC(N)=O)c2)C2CCCOC21. The number of amides is 2. The van der Waals surface area contributed by atoms with Crippen molar-refractivity contribution in [2.45, 2.75) is 38.8 Å². The third-order valence-corrected chi connectivity index (χ3v) is 4.78. The van der Waals surface area contributed by atoms with Crippen LogP contribution in [0.15, 0.2) is 24.3 Å². The van der Waals surface area contributed by atoms with E-state index in [0.29, 0.717) is 23.8 Å². The van der Waals surface area contributed by atoms with Crippen molar-refractivity contribution in [3.8, 4) is 0 Å². The average molecular weight is 289 g/mol. The number of hydrogen-bond acceptors (Lipinski definition) is 3. The highest BCUT2D eigenvalue weighted by Crippen LogP contribution is 2.52. The van der Waals surface area contributed by atoms with E-state index in [4.69, 9.17) is 10.5 Å². The van der Waals surface area contributed by atoms with Gasteiger partial charge in [-0.15, -0.1) is 0 Å². The van der Waals surface area contributed by atoms with Gasteiger partial charge < -0.3 is 21.1 Å². The normalized spacial score (nSPS) is 29.9. The molecule has 5 heteroatoms. The number of nitrogens with two attached hydrogens (primary N) is 1. The lowest BCUT2D eigenvalue weighted by molar-refractivity contribution is -0.177. The molecule has 0 bridgehead atoms. The minimum absolute atomic E-state index is 0.123. The summed E-state index contributed by atoms with van der Waals surface area (Å²) in [4.78, 5) is 10.9. The van der Waals surface area contributed by atoms with Crippen molar-refractivity contribution in [3.63, 3.8) is 0 Å². The van der Waals surface area contributed by atoms with Gasteiger partial charge in [0.05, 0.1) is 6.10 Å². The van der Waals surface area contributed by atoms with Gasteiger partial charge in [-0.3, -0.25) is 0 Å². The van der Waals surface area contributed by atoms with Crippen LogP contribution in [-0.2, 0) is 4.74 Å². The zero-order chi connectivity index (χ0) is 15.0. The predicted molar refractivity (Wildman–Crippen MR) is 83.3 cm³/mol. The lowest BCUT2D eigenvalue weighted by Gasteiger charge is -2.60. The highest BCUT2D eigenvalue weighted by atomic mass is 16.5. The summed E-state index contributed by atoms with van der Waals surface area (Å²) in [6.45, 7) is 5.39. The molecule has 2 amide bonds. The van der Waals surface area contributed by atoms with E-state index in [1.807, 2.05) is 24.3 Å². The number of fused-ring (bicyclic) bond motifs is 1. The summed E-state index contributed by atoms with van der Waals surface area (Å²) < 4.78 is 5.92. The third-order valence-electron chi connectivity index (χ3n) is 4.78. The van der Waals surface area contributed by atoms with Crippen LogP contribution >= 0.6 is 0 Å². The molecule has 0 radical (unpaired) electrons. The average Bonchev–Trinajstić information content (AvgIpc) is 2.44. The number of rotatable bonds is 3. The highest BCUT2D eigenvalue weighted by molar-refractivity contribution is 5.88. The third kappa shape index (κ3) is 2.58. The molecular weight excluding hydrogens is 266 g/mol. The maximum atomic E-state index is 10.9. The highest BCUT2D eigenvalue weighted by Gasteiger charge is 2.57. The molecule has 4 N–H and O–H groups in total. The Morgan fingerprint density at radius 2 is 2.14 bits per heavy atom. The molecule has 1 saturated heterocycles. The summed E-state index contributed by atoms with van der Waals surface area (Å²) in [7, 11) is 0. The molecule has 2 fully saturated rings. The molecule has 5 nitrogen and oxygen atoms in total. The van der Waals surface area contributed by atoms with Crippen LogP contribution in [0.3, 0.4) is 0 Å². The molecule has 3 atom stereocenters. The van der Waals surface area contributed by atoms with Crippen molar-refractivity contribution >= 4 is 17.4 Å². The smallest absolute Gasteiger partial charge is 0.316 e. The molecule has 2 aliphatic rings. The van der Waals surface area contributed by atoms with Gasteiger partial charge in [-0.25, -0.2) is 4.79 Å². The first-order valence-corrected chi connectivity index (χ1v) is 7.53. The Kier molecular flexibility index (Phi) is 3.53. The van der Waals surface area contributed by atoms with Gasteiger partial charge in [-0.2, -0.15) is 0 Å². The van der Waals surface area contributed by atoms with E-state index in [9.17, 15) is 4.79 Å². The number of hydrogen-bond donors (Lipinski definition) is 3. The summed E-state index contributed by atoms with van der Waals surface area (Å²) in [6, 6.07) is 7.52. The maximum absolute atomic E-state index is 10.9. The van der Waals surface area contributed by atoms with Crippen LogP contribution in [0.1, 0.15) is 26.7 Å². The molecule has 3 rings (SSSR count). The fourth-order valence-corrected chi connectivity index (χ4v) is 3.82. The summed E-state index contributed by atoms with van der Waals surface area (Å²) in [6.07, 6.45) is 2.71. The molecule has 1 aromatic rings. The van der Waals surface area contributed by atoms with E-state index in [2.05, 4.69) is 24.5 Å². The van der Waals surface area contributed by atoms with Gasteiger partial charge in [0.25, 0.3) is 0 Å². The predicted octanol–water partition coefficient (Wildman–Crippen LogP) is 2.79. The lowest BCUT2D eigenvalue weighted by Crippen LogP contribution is -2.67. The second kappa shape index (κ2) is 5.22.